The topological polar surface area (TPSA) is 137 Å². The van der Waals surface area contributed by atoms with E-state index in [0.29, 0.717) is 5.75 Å². The summed E-state index contributed by atoms with van der Waals surface area (Å²) in [7, 11) is -6.72. The van der Waals surface area contributed by atoms with Crippen molar-refractivity contribution < 1.29 is 34.7 Å². The molecule has 0 saturated heterocycles. The van der Waals surface area contributed by atoms with E-state index in [1.807, 2.05) is 6.92 Å². The molecule has 0 radical (unpaired) electrons. The Labute approximate surface area is 226 Å². The molecular weight excluding hydrogens is 544 g/mol. The quantitative estimate of drug-likeness (QED) is 0.264. The first-order valence-electron chi connectivity index (χ1n) is 11.4. The van der Waals surface area contributed by atoms with Crippen LogP contribution < -0.4 is 23.7 Å². The number of aryl methyl sites for hydroxylation is 1. The number of carbonyl (C=O) groups is 1. The summed E-state index contributed by atoms with van der Waals surface area (Å²) in [4.78, 5) is 12.5. The molecule has 4 aromatic carbocycles. The van der Waals surface area contributed by atoms with Crippen LogP contribution >= 0.6 is 0 Å². The molecule has 12 heteroatoms. The van der Waals surface area contributed by atoms with Crippen molar-refractivity contribution in [1.82, 2.24) is 0 Å². The van der Waals surface area contributed by atoms with E-state index in [1.54, 1.807) is 24.3 Å². The standard InChI is InChI=1S/C27H24N2O8S2/c1-19-9-13-25(14-10-19)38(31,32)36-23-7-3-5-20(17-23)28-27(30)29-21-6-4-8-24(18-21)37-39(33,34)26-15-11-22(35-2)12-16-26/h3-18H,1-2H3,(H2,28,29,30). The van der Waals surface area contributed by atoms with Crippen LogP contribution in [-0.2, 0) is 20.2 Å². The van der Waals surface area contributed by atoms with E-state index in [1.165, 1.54) is 79.9 Å². The number of ether oxygens (including phenoxy) is 1. The Hall–Kier alpha value is -4.55. The maximum Gasteiger partial charge on any atom is 0.339 e. The number of methoxy groups -OCH3 is 1. The van der Waals surface area contributed by atoms with Crippen molar-refractivity contribution in [3.05, 3.63) is 103 Å². The summed E-state index contributed by atoms with van der Waals surface area (Å²) < 4.78 is 65.7. The minimum Gasteiger partial charge on any atom is -0.497 e. The molecule has 2 amide bonds. The number of hydrogen-bond acceptors (Lipinski definition) is 8. The minimum absolute atomic E-state index is 0.000288. The van der Waals surface area contributed by atoms with Crippen LogP contribution in [0.15, 0.2) is 107 Å². The first-order chi connectivity index (χ1) is 18.5. The Morgan fingerprint density at radius 1 is 0.615 bits per heavy atom. The lowest BCUT2D eigenvalue weighted by Crippen LogP contribution is -2.19. The molecule has 39 heavy (non-hydrogen) atoms. The third-order valence-corrected chi connectivity index (χ3v) is 7.78. The number of nitrogens with one attached hydrogen (secondary N) is 2. The average Bonchev–Trinajstić information content (AvgIpc) is 2.89. The molecule has 4 rings (SSSR count). The first kappa shape index (κ1) is 27.5. The van der Waals surface area contributed by atoms with Crippen LogP contribution in [-0.4, -0.2) is 30.0 Å². The van der Waals surface area contributed by atoms with Crippen molar-refractivity contribution in [1.29, 1.82) is 0 Å². The summed E-state index contributed by atoms with van der Waals surface area (Å²) in [6.45, 7) is 1.84. The van der Waals surface area contributed by atoms with Crippen molar-refractivity contribution >= 4 is 37.6 Å². The van der Waals surface area contributed by atoms with Gasteiger partial charge in [0.1, 0.15) is 27.0 Å². The van der Waals surface area contributed by atoms with E-state index in [9.17, 15) is 21.6 Å². The molecule has 0 aromatic heterocycles. The molecule has 2 N–H and O–H groups in total. The molecule has 0 aliphatic heterocycles. The average molecular weight is 569 g/mol. The fraction of sp³-hybridized carbons (Fsp3) is 0.0741. The molecule has 0 fully saturated rings. The Morgan fingerprint density at radius 3 is 1.49 bits per heavy atom. The lowest BCUT2D eigenvalue weighted by atomic mass is 10.2. The van der Waals surface area contributed by atoms with Crippen LogP contribution in [0.1, 0.15) is 5.56 Å². The molecule has 10 nitrogen and oxygen atoms in total. The van der Waals surface area contributed by atoms with Crippen LogP contribution in [0.3, 0.4) is 0 Å². The molecule has 0 atom stereocenters. The minimum atomic E-state index is -4.12. The Kier molecular flexibility index (Phi) is 8.07. The predicted molar refractivity (Wildman–Crippen MR) is 145 cm³/mol. The molecule has 0 saturated carbocycles. The predicted octanol–water partition coefficient (Wildman–Crippen LogP) is 5.18. The van der Waals surface area contributed by atoms with Gasteiger partial charge in [-0.25, -0.2) is 4.79 Å². The SMILES string of the molecule is COc1ccc(S(=O)(=O)Oc2cccc(NC(=O)Nc3cccc(OS(=O)(=O)c4ccc(C)cc4)c3)c2)cc1. The van der Waals surface area contributed by atoms with Crippen molar-refractivity contribution in [2.75, 3.05) is 17.7 Å². The van der Waals surface area contributed by atoms with E-state index >= 15 is 0 Å². The zero-order valence-corrected chi connectivity index (χ0v) is 22.5. The second-order valence-electron chi connectivity index (χ2n) is 8.20. The van der Waals surface area contributed by atoms with Gasteiger partial charge in [-0.3, -0.25) is 0 Å². The molecular formula is C27H24N2O8S2. The van der Waals surface area contributed by atoms with Crippen LogP contribution in [0, 0.1) is 6.92 Å². The second kappa shape index (κ2) is 11.5. The van der Waals surface area contributed by atoms with Gasteiger partial charge in [0.25, 0.3) is 0 Å². The molecule has 0 aliphatic carbocycles. The lowest BCUT2D eigenvalue weighted by Gasteiger charge is -2.12. The highest BCUT2D eigenvalue weighted by Gasteiger charge is 2.18. The van der Waals surface area contributed by atoms with Gasteiger partial charge in [-0.05, 0) is 67.6 Å². The number of benzene rings is 4. The molecule has 0 heterocycles. The molecule has 0 bridgehead atoms. The molecule has 4 aromatic rings. The first-order valence-corrected chi connectivity index (χ1v) is 14.2. The Bertz CT molecular complexity index is 1690. The van der Waals surface area contributed by atoms with E-state index in [4.69, 9.17) is 13.1 Å². The zero-order valence-electron chi connectivity index (χ0n) is 20.8. The van der Waals surface area contributed by atoms with Gasteiger partial charge in [-0.15, -0.1) is 0 Å². The Balaban J connectivity index is 1.40. The van der Waals surface area contributed by atoms with Gasteiger partial charge in [0, 0.05) is 23.5 Å². The summed E-state index contributed by atoms with van der Waals surface area (Å²) in [6.07, 6.45) is 0. The molecule has 202 valence electrons. The largest absolute Gasteiger partial charge is 0.497 e. The van der Waals surface area contributed by atoms with Crippen molar-refractivity contribution in [3.8, 4) is 17.2 Å². The van der Waals surface area contributed by atoms with Crippen LogP contribution in [0.4, 0.5) is 16.2 Å². The lowest BCUT2D eigenvalue weighted by molar-refractivity contribution is 0.262. The highest BCUT2D eigenvalue weighted by atomic mass is 32.2. The van der Waals surface area contributed by atoms with Crippen LogP contribution in [0.25, 0.3) is 0 Å². The molecule has 0 aliphatic rings. The zero-order chi connectivity index (χ0) is 28.0. The van der Waals surface area contributed by atoms with Crippen LogP contribution in [0.2, 0.25) is 0 Å². The third kappa shape index (κ3) is 7.27. The van der Waals surface area contributed by atoms with Crippen LogP contribution in [0.5, 0.6) is 17.2 Å². The van der Waals surface area contributed by atoms with Crippen molar-refractivity contribution in [2.24, 2.45) is 0 Å². The van der Waals surface area contributed by atoms with Gasteiger partial charge in [0.05, 0.1) is 7.11 Å². The van der Waals surface area contributed by atoms with E-state index in [-0.39, 0.29) is 32.7 Å². The number of amides is 2. The highest BCUT2D eigenvalue weighted by Crippen LogP contribution is 2.25. The van der Waals surface area contributed by atoms with Gasteiger partial charge in [0.15, 0.2) is 0 Å². The number of carbonyl (C=O) groups excluding carboxylic acids is 1. The number of anilines is 2. The summed E-state index contributed by atoms with van der Waals surface area (Å²) in [6, 6.07) is 22.9. The van der Waals surface area contributed by atoms with E-state index in [0.717, 1.165) is 5.56 Å². The number of urea groups is 1. The van der Waals surface area contributed by atoms with Crippen molar-refractivity contribution in [2.45, 2.75) is 16.7 Å². The fourth-order valence-electron chi connectivity index (χ4n) is 3.34. The van der Waals surface area contributed by atoms with Gasteiger partial charge in [-0.2, -0.15) is 16.8 Å². The molecule has 0 unspecified atom stereocenters. The Morgan fingerprint density at radius 2 is 1.05 bits per heavy atom. The summed E-state index contributed by atoms with van der Waals surface area (Å²) >= 11 is 0. The monoisotopic (exact) mass is 568 g/mol. The van der Waals surface area contributed by atoms with Gasteiger partial charge in [-0.1, -0.05) is 29.8 Å². The maximum atomic E-state index is 12.6. The van der Waals surface area contributed by atoms with Gasteiger partial charge in [0.2, 0.25) is 0 Å². The fourth-order valence-corrected chi connectivity index (χ4v) is 5.19. The second-order valence-corrected chi connectivity index (χ2v) is 11.3. The highest BCUT2D eigenvalue weighted by molar-refractivity contribution is 7.87. The summed E-state index contributed by atoms with van der Waals surface area (Å²) in [5.74, 6) is 0.490. The number of rotatable bonds is 9. The summed E-state index contributed by atoms with van der Waals surface area (Å²) in [5, 5.41) is 5.14. The van der Waals surface area contributed by atoms with E-state index in [2.05, 4.69) is 10.6 Å². The normalized spacial score (nSPS) is 11.3. The van der Waals surface area contributed by atoms with E-state index < -0.39 is 26.3 Å². The maximum absolute atomic E-state index is 12.6. The number of hydrogen-bond donors (Lipinski definition) is 2. The van der Waals surface area contributed by atoms with Gasteiger partial charge >= 0.3 is 26.3 Å². The molecule has 0 spiro atoms. The smallest absolute Gasteiger partial charge is 0.339 e. The van der Waals surface area contributed by atoms with Gasteiger partial charge < -0.3 is 23.7 Å². The summed E-state index contributed by atoms with van der Waals surface area (Å²) in [5.41, 5.74) is 1.42. The van der Waals surface area contributed by atoms with Crippen molar-refractivity contribution in [3.63, 3.8) is 0 Å². The third-order valence-electron chi connectivity index (χ3n) is 5.25.